The van der Waals surface area contributed by atoms with Gasteiger partial charge in [-0.25, -0.2) is 0 Å². The minimum Gasteiger partial charge on any atom is -0.393 e. The minimum absolute atomic E-state index is 0.00211. The monoisotopic (exact) mass is 278 g/mol. The number of hydrogen-bond donors (Lipinski definition) is 1. The topological polar surface area (TPSA) is 75.6 Å². The summed E-state index contributed by atoms with van der Waals surface area (Å²) in [6.07, 6.45) is 0. The number of anilines is 1. The van der Waals surface area contributed by atoms with Crippen LogP contribution in [0.15, 0.2) is 18.2 Å². The van der Waals surface area contributed by atoms with Gasteiger partial charge < -0.3 is 5.73 Å². The van der Waals surface area contributed by atoms with Crippen LogP contribution < -0.4 is 5.73 Å². The molecular formula is C14H22N4O2. The number of nitrogens with two attached hydrogens (primary N) is 1. The van der Waals surface area contributed by atoms with Crippen LogP contribution in [-0.4, -0.2) is 46.9 Å². The third kappa shape index (κ3) is 2.91. The standard InChI is InChI=1S/C14H22N4O2/c1-10-7-17(8-11(2)16(10)3)9-12-5-4-6-13(14(12)15)18(19)20/h4-6,10-11H,7-9,15H2,1-3H3. The molecule has 2 N–H and O–H groups in total. The SMILES string of the molecule is CC1CN(Cc2cccc([N+](=O)[O-])c2N)CC(C)N1C. The van der Waals surface area contributed by atoms with Gasteiger partial charge in [-0.1, -0.05) is 12.1 Å². The first-order valence-corrected chi connectivity index (χ1v) is 6.86. The molecule has 0 aromatic heterocycles. The molecule has 0 radical (unpaired) electrons. The second-order valence-corrected chi connectivity index (χ2v) is 5.66. The van der Waals surface area contributed by atoms with E-state index in [2.05, 4.69) is 30.7 Å². The van der Waals surface area contributed by atoms with E-state index in [-0.39, 0.29) is 11.4 Å². The normalized spacial score (nSPS) is 24.8. The maximum Gasteiger partial charge on any atom is 0.292 e. The van der Waals surface area contributed by atoms with Crippen LogP contribution >= 0.6 is 0 Å². The van der Waals surface area contributed by atoms with Crippen LogP contribution in [0.25, 0.3) is 0 Å². The molecule has 110 valence electrons. The Bertz CT molecular complexity index is 494. The molecule has 6 heteroatoms. The van der Waals surface area contributed by atoms with Crippen molar-refractivity contribution < 1.29 is 4.92 Å². The molecule has 0 saturated carbocycles. The maximum absolute atomic E-state index is 10.9. The average molecular weight is 278 g/mol. The number of benzene rings is 1. The summed E-state index contributed by atoms with van der Waals surface area (Å²) in [7, 11) is 2.13. The lowest BCUT2D eigenvalue weighted by atomic mass is 10.1. The molecule has 0 aliphatic carbocycles. The number of likely N-dealkylation sites (N-methyl/N-ethyl adjacent to an activating group) is 1. The van der Waals surface area contributed by atoms with Gasteiger partial charge in [-0.15, -0.1) is 0 Å². The highest BCUT2D eigenvalue weighted by Crippen LogP contribution is 2.26. The molecule has 1 saturated heterocycles. The highest BCUT2D eigenvalue weighted by Gasteiger charge is 2.27. The molecule has 2 atom stereocenters. The van der Waals surface area contributed by atoms with E-state index < -0.39 is 4.92 Å². The smallest absolute Gasteiger partial charge is 0.292 e. The third-order valence-corrected chi connectivity index (χ3v) is 4.20. The van der Waals surface area contributed by atoms with E-state index in [9.17, 15) is 10.1 Å². The Labute approximate surface area is 119 Å². The summed E-state index contributed by atoms with van der Waals surface area (Å²) < 4.78 is 0. The molecule has 0 amide bonds. The molecule has 2 rings (SSSR count). The van der Waals surface area contributed by atoms with E-state index in [0.29, 0.717) is 18.6 Å². The fraction of sp³-hybridized carbons (Fsp3) is 0.571. The molecule has 1 fully saturated rings. The number of nitrogen functional groups attached to an aromatic ring is 1. The van der Waals surface area contributed by atoms with Gasteiger partial charge in [0, 0.05) is 37.8 Å². The van der Waals surface area contributed by atoms with Crippen molar-refractivity contribution in [1.82, 2.24) is 9.80 Å². The van der Waals surface area contributed by atoms with Crippen molar-refractivity contribution in [3.05, 3.63) is 33.9 Å². The lowest BCUT2D eigenvalue weighted by Gasteiger charge is -2.42. The first-order chi connectivity index (χ1) is 9.40. The predicted octanol–water partition coefficient (Wildman–Crippen LogP) is 1.70. The van der Waals surface area contributed by atoms with Gasteiger partial charge in [0.05, 0.1) is 4.92 Å². The Morgan fingerprint density at radius 2 is 1.95 bits per heavy atom. The van der Waals surface area contributed by atoms with Crippen LogP contribution in [0.1, 0.15) is 19.4 Å². The van der Waals surface area contributed by atoms with E-state index in [4.69, 9.17) is 5.73 Å². The second kappa shape index (κ2) is 5.76. The van der Waals surface area contributed by atoms with E-state index in [0.717, 1.165) is 18.7 Å². The van der Waals surface area contributed by atoms with Crippen molar-refractivity contribution in [2.75, 3.05) is 25.9 Å². The molecule has 20 heavy (non-hydrogen) atoms. The fourth-order valence-electron chi connectivity index (χ4n) is 2.78. The van der Waals surface area contributed by atoms with Crippen molar-refractivity contribution in [2.45, 2.75) is 32.5 Å². The van der Waals surface area contributed by atoms with Crippen LogP contribution in [-0.2, 0) is 6.54 Å². The maximum atomic E-state index is 10.9. The van der Waals surface area contributed by atoms with E-state index in [1.54, 1.807) is 6.07 Å². The van der Waals surface area contributed by atoms with Crippen LogP contribution in [0.4, 0.5) is 11.4 Å². The Hall–Kier alpha value is -1.66. The molecule has 1 aliphatic rings. The molecule has 1 aromatic rings. The van der Waals surface area contributed by atoms with Gasteiger partial charge in [-0.2, -0.15) is 0 Å². The number of nitro groups is 1. The van der Waals surface area contributed by atoms with Gasteiger partial charge in [0.25, 0.3) is 5.69 Å². The summed E-state index contributed by atoms with van der Waals surface area (Å²) >= 11 is 0. The van der Waals surface area contributed by atoms with Gasteiger partial charge in [0.2, 0.25) is 0 Å². The first-order valence-electron chi connectivity index (χ1n) is 6.86. The van der Waals surface area contributed by atoms with E-state index in [1.165, 1.54) is 6.07 Å². The molecule has 1 aromatic carbocycles. The summed E-state index contributed by atoms with van der Waals surface area (Å²) in [5, 5.41) is 10.9. The Kier molecular flexibility index (Phi) is 4.25. The molecule has 2 unspecified atom stereocenters. The third-order valence-electron chi connectivity index (χ3n) is 4.20. The number of para-hydroxylation sites is 1. The number of rotatable bonds is 3. The number of piperazine rings is 1. The summed E-state index contributed by atoms with van der Waals surface area (Å²) in [6, 6.07) is 5.97. The predicted molar refractivity (Wildman–Crippen MR) is 79.5 cm³/mol. The van der Waals surface area contributed by atoms with Crippen molar-refractivity contribution in [3.63, 3.8) is 0 Å². The zero-order valence-corrected chi connectivity index (χ0v) is 12.2. The van der Waals surface area contributed by atoms with Gasteiger partial charge in [0.1, 0.15) is 5.69 Å². The largest absolute Gasteiger partial charge is 0.393 e. The lowest BCUT2D eigenvalue weighted by molar-refractivity contribution is -0.384. The van der Waals surface area contributed by atoms with Crippen molar-refractivity contribution >= 4 is 11.4 Å². The quantitative estimate of drug-likeness (QED) is 0.517. The second-order valence-electron chi connectivity index (χ2n) is 5.66. The molecule has 0 spiro atoms. The van der Waals surface area contributed by atoms with Gasteiger partial charge in [0.15, 0.2) is 0 Å². The van der Waals surface area contributed by atoms with Gasteiger partial charge in [-0.05, 0) is 26.5 Å². The van der Waals surface area contributed by atoms with Crippen molar-refractivity contribution in [1.29, 1.82) is 0 Å². The highest BCUT2D eigenvalue weighted by molar-refractivity contribution is 5.62. The molecular weight excluding hydrogens is 256 g/mol. The summed E-state index contributed by atoms with van der Waals surface area (Å²) in [6.45, 7) is 6.95. The molecule has 6 nitrogen and oxygen atoms in total. The first kappa shape index (κ1) is 14.7. The van der Waals surface area contributed by atoms with Gasteiger partial charge in [-0.3, -0.25) is 19.9 Å². The zero-order valence-electron chi connectivity index (χ0n) is 12.2. The Morgan fingerprint density at radius 1 is 1.35 bits per heavy atom. The van der Waals surface area contributed by atoms with Crippen LogP contribution in [0.5, 0.6) is 0 Å². The molecule has 0 bridgehead atoms. The summed E-state index contributed by atoms with van der Waals surface area (Å²) in [4.78, 5) is 15.2. The number of nitrogens with zero attached hydrogens (tertiary/aromatic N) is 3. The van der Waals surface area contributed by atoms with E-state index >= 15 is 0 Å². The van der Waals surface area contributed by atoms with Crippen molar-refractivity contribution in [3.8, 4) is 0 Å². The van der Waals surface area contributed by atoms with Crippen LogP contribution in [0.2, 0.25) is 0 Å². The Balaban J connectivity index is 2.15. The van der Waals surface area contributed by atoms with E-state index in [1.807, 2.05) is 6.07 Å². The van der Waals surface area contributed by atoms with Crippen LogP contribution in [0, 0.1) is 10.1 Å². The molecule has 1 heterocycles. The zero-order chi connectivity index (χ0) is 14.9. The number of nitro benzene ring substituents is 1. The van der Waals surface area contributed by atoms with Crippen molar-refractivity contribution in [2.24, 2.45) is 0 Å². The summed E-state index contributed by atoms with van der Waals surface area (Å²) in [5.41, 5.74) is 7.04. The average Bonchev–Trinajstić information content (AvgIpc) is 2.38. The number of hydrogen-bond acceptors (Lipinski definition) is 5. The van der Waals surface area contributed by atoms with Gasteiger partial charge >= 0.3 is 0 Å². The highest BCUT2D eigenvalue weighted by atomic mass is 16.6. The minimum atomic E-state index is -0.423. The summed E-state index contributed by atoms with van der Waals surface area (Å²) in [5.74, 6) is 0. The fourth-order valence-corrected chi connectivity index (χ4v) is 2.78. The lowest BCUT2D eigenvalue weighted by Crippen LogP contribution is -2.54. The van der Waals surface area contributed by atoms with Crippen LogP contribution in [0.3, 0.4) is 0 Å². The Morgan fingerprint density at radius 3 is 2.50 bits per heavy atom. The molecule has 1 aliphatic heterocycles.